The van der Waals surface area contributed by atoms with Crippen molar-refractivity contribution in [2.45, 2.75) is 13.2 Å². The largest absolute Gasteiger partial charge is 0.471 e. The van der Waals surface area contributed by atoms with Gasteiger partial charge in [-0.1, -0.05) is 36.4 Å². The van der Waals surface area contributed by atoms with Crippen molar-refractivity contribution in [2.75, 3.05) is 30.8 Å². The van der Waals surface area contributed by atoms with Gasteiger partial charge in [-0.05, 0) is 41.5 Å². The van der Waals surface area contributed by atoms with Gasteiger partial charge in [-0.15, -0.1) is 11.3 Å². The van der Waals surface area contributed by atoms with Gasteiger partial charge in [0.05, 0.1) is 28.7 Å². The van der Waals surface area contributed by atoms with Crippen LogP contribution in [0.5, 0.6) is 5.88 Å². The molecule has 0 atom stereocenters. The van der Waals surface area contributed by atoms with Crippen molar-refractivity contribution in [3.63, 3.8) is 0 Å². The molecule has 0 fully saturated rings. The molecule has 50 heavy (non-hydrogen) atoms. The first-order valence-electron chi connectivity index (χ1n) is 15.4. The van der Waals surface area contributed by atoms with Gasteiger partial charge < -0.3 is 39.2 Å². The fraction of sp³-hybridized carbons (Fsp3) is 0.143. The number of rotatable bonds is 12. The number of furan rings is 2. The third-order valence-electron chi connectivity index (χ3n) is 7.53. The number of allylic oxidation sites excluding steroid dienone is 1. The number of thiazole rings is 1. The molecule has 0 aliphatic heterocycles. The molecule has 0 saturated carbocycles. The third-order valence-corrected chi connectivity index (χ3v) is 8.60. The summed E-state index contributed by atoms with van der Waals surface area (Å²) in [6.07, 6.45) is 2.64. The van der Waals surface area contributed by atoms with E-state index >= 15 is 0 Å². The number of nitriles is 1. The Kier molecular flexibility index (Phi) is 9.08. The Bertz CT molecular complexity index is 2320. The van der Waals surface area contributed by atoms with Crippen molar-refractivity contribution in [3.8, 4) is 23.5 Å². The van der Waals surface area contributed by atoms with Crippen molar-refractivity contribution < 1.29 is 23.1 Å². The van der Waals surface area contributed by atoms with Crippen molar-refractivity contribution >= 4 is 62.3 Å². The number of imidazole rings is 1. The molecule has 5 heterocycles. The van der Waals surface area contributed by atoms with E-state index in [0.29, 0.717) is 63.9 Å². The summed E-state index contributed by atoms with van der Waals surface area (Å²) in [7, 11) is 1.83. The quantitative estimate of drug-likeness (QED) is 0.120. The minimum atomic E-state index is -0.533. The zero-order valence-corrected chi connectivity index (χ0v) is 27.4. The van der Waals surface area contributed by atoms with E-state index < -0.39 is 6.09 Å². The predicted octanol–water partition coefficient (Wildman–Crippen LogP) is 6.40. The number of nitrogens with two attached hydrogens (primary N) is 1. The Labute approximate surface area is 288 Å². The highest BCUT2D eigenvalue weighted by atomic mass is 32.1. The number of hydrogen-bond acceptors (Lipinski definition) is 13. The lowest BCUT2D eigenvalue weighted by Crippen LogP contribution is -2.28. The highest BCUT2D eigenvalue weighted by molar-refractivity contribution is 7.19. The Hall–Kier alpha value is -6.66. The third kappa shape index (κ3) is 7.25. The molecule has 7 aromatic rings. The number of hydrogen-bond donors (Lipinski definition) is 3. The van der Waals surface area contributed by atoms with Gasteiger partial charge in [-0.3, -0.25) is 0 Å². The summed E-state index contributed by atoms with van der Waals surface area (Å²) in [4.78, 5) is 33.9. The molecule has 0 aliphatic carbocycles. The lowest BCUT2D eigenvalue weighted by atomic mass is 10.1. The summed E-state index contributed by atoms with van der Waals surface area (Å²) in [5, 5.41) is 13.1. The number of benzene rings is 2. The van der Waals surface area contributed by atoms with E-state index in [1.807, 2.05) is 66.5 Å². The maximum absolute atomic E-state index is 12.3. The number of aromatic amines is 1. The number of carbonyl (C=O) groups excluding carboxylic acids is 1. The van der Waals surface area contributed by atoms with Crippen molar-refractivity contribution in [1.29, 1.82) is 5.26 Å². The maximum atomic E-state index is 12.3. The monoisotopic (exact) mass is 687 g/mol. The number of anilines is 2. The number of H-pyrrole nitrogens is 1. The average Bonchev–Trinajstić information content (AvgIpc) is 3.95. The standard InChI is InChI=1S/C35H29N9O5S/c1-44(29-13-12-27(49-29)26-11-10-24(48-26)16-23(17-36)33-41-25-4-2-3-5-28(25)50-33)14-15-46-35(45)38-18-21-6-8-22(9-7-21)19-47-32-30-31(40-20-39-30)42-34(37)43-32/h2-13,16,20H,14-15,18-19H2,1H3,(H,38,45)(H3,37,39,40,42,43)/b23-16+. The van der Waals surface area contributed by atoms with Crippen LogP contribution in [0.2, 0.25) is 0 Å². The average molecular weight is 688 g/mol. The number of aromatic nitrogens is 5. The molecule has 250 valence electrons. The zero-order chi connectivity index (χ0) is 34.5. The van der Waals surface area contributed by atoms with E-state index in [2.05, 4.69) is 36.3 Å². The van der Waals surface area contributed by atoms with E-state index in [0.717, 1.165) is 21.3 Å². The molecule has 2 aromatic carbocycles. The first kappa shape index (κ1) is 31.9. The Morgan fingerprint density at radius 3 is 2.68 bits per heavy atom. The lowest BCUT2D eigenvalue weighted by molar-refractivity contribution is 0.148. The Balaban J connectivity index is 0.856. The topological polar surface area (TPSA) is 194 Å². The molecule has 0 aliphatic rings. The van der Waals surface area contributed by atoms with Crippen molar-refractivity contribution in [3.05, 3.63) is 101 Å². The summed E-state index contributed by atoms with van der Waals surface area (Å²) >= 11 is 1.46. The van der Waals surface area contributed by atoms with Crippen LogP contribution in [0.4, 0.5) is 16.6 Å². The second kappa shape index (κ2) is 14.2. The van der Waals surface area contributed by atoms with Crippen LogP contribution in [-0.2, 0) is 17.9 Å². The van der Waals surface area contributed by atoms with E-state index in [9.17, 15) is 10.1 Å². The van der Waals surface area contributed by atoms with E-state index in [4.69, 9.17) is 24.0 Å². The zero-order valence-electron chi connectivity index (χ0n) is 26.6. The molecular weight excluding hydrogens is 659 g/mol. The second-order valence-electron chi connectivity index (χ2n) is 11.0. The summed E-state index contributed by atoms with van der Waals surface area (Å²) < 4.78 is 24.1. The van der Waals surface area contributed by atoms with E-state index in [-0.39, 0.29) is 19.2 Å². The van der Waals surface area contributed by atoms with Gasteiger partial charge in [0, 0.05) is 25.7 Å². The van der Waals surface area contributed by atoms with Crippen LogP contribution in [0.25, 0.3) is 44.6 Å². The highest BCUT2D eigenvalue weighted by Gasteiger charge is 2.15. The molecule has 5 aromatic heterocycles. The van der Waals surface area contributed by atoms with Crippen molar-refractivity contribution in [2.24, 2.45) is 0 Å². The number of nitrogens with zero attached hydrogens (tertiary/aromatic N) is 6. The van der Waals surface area contributed by atoms with Gasteiger partial charge >= 0.3 is 6.09 Å². The minimum absolute atomic E-state index is 0.0808. The fourth-order valence-electron chi connectivity index (χ4n) is 4.94. The smallest absolute Gasteiger partial charge is 0.407 e. The van der Waals surface area contributed by atoms with Gasteiger partial charge in [-0.25, -0.2) is 14.8 Å². The number of amides is 1. The Morgan fingerprint density at radius 1 is 1.04 bits per heavy atom. The number of ether oxygens (including phenoxy) is 2. The van der Waals surface area contributed by atoms with Crippen LogP contribution in [0, 0.1) is 11.3 Å². The molecular formula is C35H29N9O5S. The number of carbonyl (C=O) groups is 1. The minimum Gasteiger partial charge on any atom is -0.471 e. The molecule has 1 amide bonds. The number of nitrogens with one attached hydrogen (secondary N) is 2. The number of para-hydroxylation sites is 1. The van der Waals surface area contributed by atoms with Crippen LogP contribution in [0.15, 0.2) is 88.0 Å². The van der Waals surface area contributed by atoms with Gasteiger partial charge in [0.1, 0.15) is 35.6 Å². The fourth-order valence-corrected chi connectivity index (χ4v) is 5.87. The first-order valence-corrected chi connectivity index (χ1v) is 16.2. The van der Waals surface area contributed by atoms with E-state index in [1.54, 1.807) is 24.3 Å². The number of alkyl carbamates (subject to hydrolysis) is 1. The van der Waals surface area contributed by atoms with Gasteiger partial charge in [-0.2, -0.15) is 15.2 Å². The molecule has 0 radical (unpaired) electrons. The van der Waals surface area contributed by atoms with Crippen LogP contribution in [0.3, 0.4) is 0 Å². The van der Waals surface area contributed by atoms with Crippen molar-refractivity contribution in [1.82, 2.24) is 30.2 Å². The lowest BCUT2D eigenvalue weighted by Gasteiger charge is -2.16. The molecule has 0 unspecified atom stereocenters. The summed E-state index contributed by atoms with van der Waals surface area (Å²) in [6.45, 7) is 1.10. The first-order chi connectivity index (χ1) is 24.4. The molecule has 0 saturated heterocycles. The number of fused-ring (bicyclic) bond motifs is 2. The van der Waals surface area contributed by atoms with Gasteiger partial charge in [0.2, 0.25) is 11.8 Å². The molecule has 14 nitrogen and oxygen atoms in total. The molecule has 4 N–H and O–H groups in total. The van der Waals surface area contributed by atoms with Crippen LogP contribution in [0.1, 0.15) is 21.9 Å². The Morgan fingerprint density at radius 2 is 1.84 bits per heavy atom. The summed E-state index contributed by atoms with van der Waals surface area (Å²) in [6, 6.07) is 24.7. The van der Waals surface area contributed by atoms with Crippen LogP contribution in [-0.4, -0.2) is 51.2 Å². The highest BCUT2D eigenvalue weighted by Crippen LogP contribution is 2.31. The van der Waals surface area contributed by atoms with Crippen LogP contribution >= 0.6 is 11.3 Å². The maximum Gasteiger partial charge on any atom is 0.407 e. The van der Waals surface area contributed by atoms with Gasteiger partial charge in [0.15, 0.2) is 23.1 Å². The summed E-state index contributed by atoms with van der Waals surface area (Å²) in [5.41, 5.74) is 9.81. The molecule has 7 rings (SSSR count). The molecule has 15 heteroatoms. The number of likely N-dealkylation sites (N-methyl/N-ethyl adjacent to an activating group) is 1. The van der Waals surface area contributed by atoms with Gasteiger partial charge in [0.25, 0.3) is 0 Å². The van der Waals surface area contributed by atoms with Crippen LogP contribution < -0.4 is 20.7 Å². The second-order valence-corrected chi connectivity index (χ2v) is 12.0. The molecule has 0 spiro atoms. The SMILES string of the molecule is CN(CCOC(=O)NCc1ccc(COc2nc(N)nc3nc[nH]c23)cc1)c1ccc(-c2ccc(/C=C(\C#N)c3nc4ccccc4s3)o2)o1. The predicted molar refractivity (Wildman–Crippen MR) is 188 cm³/mol. The molecule has 0 bridgehead atoms. The number of nitrogen functional groups attached to an aromatic ring is 1. The van der Waals surface area contributed by atoms with E-state index in [1.165, 1.54) is 17.7 Å². The normalized spacial score (nSPS) is 11.5. The summed E-state index contributed by atoms with van der Waals surface area (Å²) in [5.74, 6) is 2.52.